The van der Waals surface area contributed by atoms with E-state index in [4.69, 9.17) is 0 Å². The van der Waals surface area contributed by atoms with Crippen molar-refractivity contribution in [1.82, 2.24) is 24.5 Å². The number of rotatable bonds is 6. The Labute approximate surface area is 169 Å². The molecule has 0 bridgehead atoms. The minimum atomic E-state index is -3.78. The van der Waals surface area contributed by atoms with Gasteiger partial charge in [0, 0.05) is 12.7 Å². The molecule has 0 saturated carbocycles. The van der Waals surface area contributed by atoms with Gasteiger partial charge in [0.05, 0.1) is 17.1 Å². The van der Waals surface area contributed by atoms with Crippen molar-refractivity contribution in [1.29, 1.82) is 0 Å². The van der Waals surface area contributed by atoms with E-state index in [0.717, 1.165) is 21.0 Å². The molecule has 0 saturated heterocycles. The van der Waals surface area contributed by atoms with Crippen molar-refractivity contribution >= 4 is 21.6 Å². The molecule has 1 heterocycles. The lowest BCUT2D eigenvalue weighted by Gasteiger charge is -2.18. The van der Waals surface area contributed by atoms with Crippen LogP contribution in [0.25, 0.3) is 5.69 Å². The summed E-state index contributed by atoms with van der Waals surface area (Å²) in [5.41, 5.74) is 3.93. The average Bonchev–Trinajstić information content (AvgIpc) is 3.20. The monoisotopic (exact) mass is 414 g/mol. The van der Waals surface area contributed by atoms with Gasteiger partial charge in [0.1, 0.15) is 6.33 Å². The van der Waals surface area contributed by atoms with Gasteiger partial charge in [-0.15, -0.1) is 5.10 Å². The molecule has 0 aliphatic heterocycles. The Bertz CT molecular complexity index is 1140. The lowest BCUT2D eigenvalue weighted by atomic mass is 10.1. The maximum absolute atomic E-state index is 12.8. The molecule has 0 radical (unpaired) electrons. The van der Waals surface area contributed by atoms with Gasteiger partial charge >= 0.3 is 0 Å². The number of aromatic nitrogens is 4. The van der Waals surface area contributed by atoms with Crippen LogP contribution >= 0.6 is 0 Å². The van der Waals surface area contributed by atoms with E-state index in [1.54, 1.807) is 24.3 Å². The van der Waals surface area contributed by atoms with Gasteiger partial charge in [-0.05, 0) is 72.2 Å². The molecule has 0 aliphatic carbocycles. The van der Waals surface area contributed by atoms with Crippen LogP contribution in [0.15, 0.2) is 47.6 Å². The lowest BCUT2D eigenvalue weighted by molar-refractivity contribution is -0.116. The van der Waals surface area contributed by atoms with Crippen molar-refractivity contribution in [3.8, 4) is 5.69 Å². The molecule has 0 fully saturated rings. The van der Waals surface area contributed by atoms with Crippen LogP contribution in [0, 0.1) is 20.8 Å². The topological polar surface area (TPSA) is 110 Å². The zero-order chi connectivity index (χ0) is 21.2. The summed E-state index contributed by atoms with van der Waals surface area (Å²) in [7, 11) is -2.39. The Morgan fingerprint density at radius 3 is 2.45 bits per heavy atom. The number of nitrogens with zero attached hydrogens (tertiary/aromatic N) is 5. The molecule has 0 atom stereocenters. The van der Waals surface area contributed by atoms with Crippen LogP contribution in [0.5, 0.6) is 0 Å². The lowest BCUT2D eigenvalue weighted by Crippen LogP contribution is -2.35. The van der Waals surface area contributed by atoms with Gasteiger partial charge in [-0.3, -0.25) is 4.79 Å². The number of tetrazole rings is 1. The molecule has 1 aromatic heterocycles. The highest BCUT2D eigenvalue weighted by molar-refractivity contribution is 7.89. The molecule has 10 heteroatoms. The fraction of sp³-hybridized carbons (Fsp3) is 0.263. The van der Waals surface area contributed by atoms with Gasteiger partial charge in [0.15, 0.2) is 0 Å². The maximum Gasteiger partial charge on any atom is 0.243 e. The summed E-state index contributed by atoms with van der Waals surface area (Å²) in [5.74, 6) is -0.447. The van der Waals surface area contributed by atoms with Gasteiger partial charge < -0.3 is 5.32 Å². The van der Waals surface area contributed by atoms with E-state index in [-0.39, 0.29) is 11.4 Å². The number of hydrogen-bond acceptors (Lipinski definition) is 6. The van der Waals surface area contributed by atoms with E-state index in [1.165, 1.54) is 18.1 Å². The Morgan fingerprint density at radius 2 is 1.79 bits per heavy atom. The van der Waals surface area contributed by atoms with Crippen molar-refractivity contribution in [3.05, 3.63) is 59.4 Å². The molecular weight excluding hydrogens is 392 g/mol. The number of anilines is 1. The summed E-state index contributed by atoms with van der Waals surface area (Å²) in [4.78, 5) is 12.7. The third-order valence-corrected chi connectivity index (χ3v) is 6.46. The predicted octanol–water partition coefficient (Wildman–Crippen LogP) is 1.85. The number of carbonyl (C=O) groups excluding carboxylic acids is 1. The van der Waals surface area contributed by atoms with Crippen LogP contribution < -0.4 is 5.32 Å². The van der Waals surface area contributed by atoms with Crippen molar-refractivity contribution in [2.45, 2.75) is 25.7 Å². The van der Waals surface area contributed by atoms with Gasteiger partial charge in [0.25, 0.3) is 0 Å². The minimum absolute atomic E-state index is 0.160. The normalized spacial score (nSPS) is 11.6. The number of carbonyl (C=O) groups is 1. The summed E-state index contributed by atoms with van der Waals surface area (Å²) in [5, 5.41) is 13.8. The molecule has 2 aromatic carbocycles. The molecule has 29 heavy (non-hydrogen) atoms. The largest absolute Gasteiger partial charge is 0.325 e. The Balaban J connectivity index is 1.75. The molecule has 1 amide bonds. The van der Waals surface area contributed by atoms with Gasteiger partial charge in [-0.2, -0.15) is 4.31 Å². The van der Waals surface area contributed by atoms with Crippen LogP contribution in [0.2, 0.25) is 0 Å². The Kier molecular flexibility index (Phi) is 5.76. The first-order chi connectivity index (χ1) is 13.7. The number of hydrogen-bond donors (Lipinski definition) is 1. The summed E-state index contributed by atoms with van der Waals surface area (Å²) in [6, 6.07) is 10.3. The first-order valence-electron chi connectivity index (χ1n) is 8.86. The van der Waals surface area contributed by atoms with E-state index < -0.39 is 15.9 Å². The van der Waals surface area contributed by atoms with Gasteiger partial charge in [-0.25, -0.2) is 13.1 Å². The Morgan fingerprint density at radius 1 is 1.07 bits per heavy atom. The van der Waals surface area contributed by atoms with E-state index in [9.17, 15) is 13.2 Å². The summed E-state index contributed by atoms with van der Waals surface area (Å²) < 4.78 is 28.1. The molecule has 1 N–H and O–H groups in total. The van der Waals surface area contributed by atoms with E-state index >= 15 is 0 Å². The SMILES string of the molecule is Cc1ccc(S(=O)(=O)N(C)CC(=O)Nc2cc(-n3cnnn3)ccc2C)cc1C. The van der Waals surface area contributed by atoms with Crippen molar-refractivity contribution in [2.75, 3.05) is 18.9 Å². The standard InChI is InChI=1S/C19H22N6O3S/c1-13-6-8-17(9-15(13)3)29(27,28)24(4)11-19(26)21-18-10-16(7-5-14(18)2)25-12-20-22-23-25/h5-10,12H,11H2,1-4H3,(H,21,26). The molecule has 9 nitrogen and oxygen atoms in total. The number of sulfonamides is 1. The number of likely N-dealkylation sites (N-methyl/N-ethyl adjacent to an activating group) is 1. The second-order valence-corrected chi connectivity index (χ2v) is 8.85. The number of benzene rings is 2. The fourth-order valence-electron chi connectivity index (χ4n) is 2.70. The molecule has 3 aromatic rings. The van der Waals surface area contributed by atoms with Crippen LogP contribution in [0.1, 0.15) is 16.7 Å². The first kappa shape index (κ1) is 20.6. The molecule has 3 rings (SSSR count). The van der Waals surface area contributed by atoms with Crippen LogP contribution in [0.4, 0.5) is 5.69 Å². The zero-order valence-electron chi connectivity index (χ0n) is 16.6. The Hall–Kier alpha value is -3.11. The van der Waals surface area contributed by atoms with Crippen molar-refractivity contribution in [3.63, 3.8) is 0 Å². The second kappa shape index (κ2) is 8.10. The average molecular weight is 414 g/mol. The van der Waals surface area contributed by atoms with E-state index in [1.807, 2.05) is 32.9 Å². The smallest absolute Gasteiger partial charge is 0.243 e. The van der Waals surface area contributed by atoms with E-state index in [0.29, 0.717) is 11.4 Å². The molecule has 0 spiro atoms. The summed E-state index contributed by atoms with van der Waals surface area (Å²) in [6.45, 7) is 5.29. The third-order valence-electron chi connectivity index (χ3n) is 4.66. The predicted molar refractivity (Wildman–Crippen MR) is 108 cm³/mol. The minimum Gasteiger partial charge on any atom is -0.325 e. The number of aryl methyl sites for hydroxylation is 3. The fourth-order valence-corrected chi connectivity index (χ4v) is 3.91. The second-order valence-electron chi connectivity index (χ2n) is 6.81. The van der Waals surface area contributed by atoms with E-state index in [2.05, 4.69) is 20.8 Å². The summed E-state index contributed by atoms with van der Waals surface area (Å²) >= 11 is 0. The van der Waals surface area contributed by atoms with Crippen LogP contribution in [0.3, 0.4) is 0 Å². The van der Waals surface area contributed by atoms with Crippen molar-refractivity contribution in [2.24, 2.45) is 0 Å². The molecule has 0 unspecified atom stereocenters. The maximum atomic E-state index is 12.8. The molecular formula is C19H22N6O3S. The highest BCUT2D eigenvalue weighted by Gasteiger charge is 2.23. The van der Waals surface area contributed by atoms with Crippen LogP contribution in [-0.2, 0) is 14.8 Å². The van der Waals surface area contributed by atoms with Crippen molar-refractivity contribution < 1.29 is 13.2 Å². The zero-order valence-corrected chi connectivity index (χ0v) is 17.4. The quantitative estimate of drug-likeness (QED) is 0.659. The number of amides is 1. The van der Waals surface area contributed by atoms with Gasteiger partial charge in [-0.1, -0.05) is 12.1 Å². The highest BCUT2D eigenvalue weighted by Crippen LogP contribution is 2.20. The number of nitrogens with one attached hydrogen (secondary N) is 1. The molecule has 0 aliphatic rings. The first-order valence-corrected chi connectivity index (χ1v) is 10.3. The molecule has 152 valence electrons. The third kappa shape index (κ3) is 4.49. The highest BCUT2D eigenvalue weighted by atomic mass is 32.2. The van der Waals surface area contributed by atoms with Gasteiger partial charge in [0.2, 0.25) is 15.9 Å². The van der Waals surface area contributed by atoms with Crippen LogP contribution in [-0.4, -0.2) is 52.4 Å². The summed E-state index contributed by atoms with van der Waals surface area (Å²) in [6.07, 6.45) is 1.44.